The van der Waals surface area contributed by atoms with Crippen LogP contribution in [0.25, 0.3) is 16.8 Å². The van der Waals surface area contributed by atoms with E-state index in [0.717, 1.165) is 41.9 Å². The van der Waals surface area contributed by atoms with Gasteiger partial charge in [-0.15, -0.1) is 0 Å². The second kappa shape index (κ2) is 8.32. The van der Waals surface area contributed by atoms with Crippen molar-refractivity contribution in [2.45, 2.75) is 18.0 Å². The minimum absolute atomic E-state index is 0.491. The zero-order valence-corrected chi connectivity index (χ0v) is 18.3. The van der Waals surface area contributed by atoms with Gasteiger partial charge in [0.15, 0.2) is 0 Å². The monoisotopic (exact) mass is 473 g/mol. The first-order chi connectivity index (χ1) is 15.6. The van der Waals surface area contributed by atoms with E-state index in [1.807, 2.05) is 31.3 Å². The summed E-state index contributed by atoms with van der Waals surface area (Å²) in [6, 6.07) is 9.22. The van der Waals surface area contributed by atoms with E-state index in [1.165, 1.54) is 12.4 Å². The van der Waals surface area contributed by atoms with Gasteiger partial charge in [-0.2, -0.15) is 31.1 Å². The number of aromatic nitrogens is 3. The van der Waals surface area contributed by atoms with Crippen LogP contribution in [0.4, 0.5) is 13.2 Å². The molecule has 0 unspecified atom stereocenters. The Morgan fingerprint density at radius 1 is 1.09 bits per heavy atom. The number of sulfonamides is 1. The highest BCUT2D eigenvalue weighted by atomic mass is 32.2. The molecular formula is C22H18F3N5O2S. The summed E-state index contributed by atoms with van der Waals surface area (Å²) in [7, 11) is -3.14. The molecule has 11 heteroatoms. The van der Waals surface area contributed by atoms with Crippen LogP contribution >= 0.6 is 0 Å². The minimum Gasteiger partial charge on any atom is -0.298 e. The molecule has 0 amide bonds. The zero-order valence-electron chi connectivity index (χ0n) is 17.5. The second-order valence-electron chi connectivity index (χ2n) is 7.24. The van der Waals surface area contributed by atoms with Crippen LogP contribution in [0.2, 0.25) is 0 Å². The molecule has 4 aromatic rings. The third-order valence-electron chi connectivity index (χ3n) is 4.97. The Bertz CT molecular complexity index is 1450. The molecule has 0 aliphatic carbocycles. The highest BCUT2D eigenvalue weighted by Crippen LogP contribution is 2.31. The van der Waals surface area contributed by atoms with Gasteiger partial charge in [-0.1, -0.05) is 12.1 Å². The van der Waals surface area contributed by atoms with Crippen LogP contribution < -0.4 is 0 Å². The molecule has 0 radical (unpaired) electrons. The van der Waals surface area contributed by atoms with Gasteiger partial charge in [-0.3, -0.25) is 9.38 Å². The van der Waals surface area contributed by atoms with E-state index in [0.29, 0.717) is 21.8 Å². The van der Waals surface area contributed by atoms with E-state index in [2.05, 4.69) is 15.1 Å². The first kappa shape index (κ1) is 22.5. The first-order valence-corrected chi connectivity index (χ1v) is 11.1. The van der Waals surface area contributed by atoms with Crippen molar-refractivity contribution in [1.82, 2.24) is 18.8 Å². The Labute approximate surface area is 187 Å². The molecule has 7 nitrogen and oxygen atoms in total. The summed E-state index contributed by atoms with van der Waals surface area (Å²) in [4.78, 5) is 7.97. The number of pyridine rings is 2. The Hall–Kier alpha value is -3.73. The van der Waals surface area contributed by atoms with Crippen molar-refractivity contribution in [2.24, 2.45) is 5.10 Å². The van der Waals surface area contributed by atoms with E-state index in [9.17, 15) is 21.6 Å². The van der Waals surface area contributed by atoms with Gasteiger partial charge in [0.2, 0.25) is 0 Å². The summed E-state index contributed by atoms with van der Waals surface area (Å²) in [6.07, 6.45) is 3.38. The molecule has 3 aromatic heterocycles. The highest BCUT2D eigenvalue weighted by Gasteiger charge is 2.32. The van der Waals surface area contributed by atoms with Gasteiger partial charge in [0.25, 0.3) is 10.0 Å². The van der Waals surface area contributed by atoms with Gasteiger partial charge in [0, 0.05) is 36.8 Å². The normalized spacial score (nSPS) is 12.5. The number of hydrogen-bond donors (Lipinski definition) is 0. The van der Waals surface area contributed by atoms with E-state index >= 15 is 0 Å². The zero-order chi connectivity index (χ0) is 23.8. The van der Waals surface area contributed by atoms with E-state index in [1.54, 1.807) is 16.8 Å². The third kappa shape index (κ3) is 4.44. The SMILES string of the molecule is Cc1cc(-c2cccnc2)cn2c(/C=N/N(C)S(=O)(=O)c3cccc(C(F)(F)F)c3)cnc12. The van der Waals surface area contributed by atoms with Crippen LogP contribution in [0.5, 0.6) is 0 Å². The molecule has 0 aliphatic rings. The van der Waals surface area contributed by atoms with Gasteiger partial charge < -0.3 is 0 Å². The van der Waals surface area contributed by atoms with Crippen LogP contribution in [-0.2, 0) is 16.2 Å². The third-order valence-corrected chi connectivity index (χ3v) is 6.61. The number of hydrazone groups is 1. The molecular weight excluding hydrogens is 455 g/mol. The minimum atomic E-state index is -4.66. The molecule has 1 aromatic carbocycles. The molecule has 0 aliphatic heterocycles. The van der Waals surface area contributed by atoms with Crippen molar-refractivity contribution in [1.29, 1.82) is 0 Å². The largest absolute Gasteiger partial charge is 0.416 e. The maximum Gasteiger partial charge on any atom is 0.416 e. The van der Waals surface area contributed by atoms with E-state index < -0.39 is 26.7 Å². The highest BCUT2D eigenvalue weighted by molar-refractivity contribution is 7.89. The van der Waals surface area contributed by atoms with Crippen molar-refractivity contribution in [3.8, 4) is 11.1 Å². The van der Waals surface area contributed by atoms with E-state index in [4.69, 9.17) is 0 Å². The molecule has 33 heavy (non-hydrogen) atoms. The lowest BCUT2D eigenvalue weighted by Gasteiger charge is -2.15. The maximum absolute atomic E-state index is 13.0. The number of hydrogen-bond acceptors (Lipinski definition) is 5. The quantitative estimate of drug-likeness (QED) is 0.318. The molecule has 3 heterocycles. The fraction of sp³-hybridized carbons (Fsp3) is 0.136. The molecule has 0 N–H and O–H groups in total. The van der Waals surface area contributed by atoms with Gasteiger partial charge in [-0.25, -0.2) is 4.98 Å². The fourth-order valence-corrected chi connectivity index (χ4v) is 4.25. The standard InChI is InChI=1S/C22H18F3N5O2S/c1-15-9-17(16-5-4-8-26-11-16)14-30-19(12-27-21(15)30)13-28-29(2)33(31,32)20-7-3-6-18(10-20)22(23,24)25/h3-14H,1-2H3/b28-13+. The summed E-state index contributed by atoms with van der Waals surface area (Å²) in [5.74, 6) is 0. The van der Waals surface area contributed by atoms with Gasteiger partial charge in [0.05, 0.1) is 28.6 Å². The van der Waals surface area contributed by atoms with Crippen LogP contribution in [0.1, 0.15) is 16.8 Å². The summed E-state index contributed by atoms with van der Waals surface area (Å²) in [6.45, 7) is 1.90. The summed E-state index contributed by atoms with van der Waals surface area (Å²) < 4.78 is 66.8. The number of aryl methyl sites for hydroxylation is 1. The number of fused-ring (bicyclic) bond motifs is 1. The summed E-state index contributed by atoms with van der Waals surface area (Å²) in [5.41, 5.74) is 2.76. The number of alkyl halides is 3. The molecule has 4 rings (SSSR count). The average molecular weight is 473 g/mol. The molecule has 0 fully saturated rings. The predicted octanol–water partition coefficient (Wildman–Crippen LogP) is 4.38. The first-order valence-electron chi connectivity index (χ1n) is 9.65. The fourth-order valence-electron chi connectivity index (χ4n) is 3.25. The number of nitrogens with zero attached hydrogens (tertiary/aromatic N) is 5. The van der Waals surface area contributed by atoms with Crippen LogP contribution in [0.15, 0.2) is 77.2 Å². The lowest BCUT2D eigenvalue weighted by molar-refractivity contribution is -0.137. The van der Waals surface area contributed by atoms with Crippen LogP contribution in [0, 0.1) is 6.92 Å². The van der Waals surface area contributed by atoms with Crippen molar-refractivity contribution >= 4 is 21.9 Å². The Kier molecular flexibility index (Phi) is 5.66. The van der Waals surface area contributed by atoms with Crippen LogP contribution in [-0.4, -0.2) is 40.5 Å². The topological polar surface area (TPSA) is 79.9 Å². The van der Waals surface area contributed by atoms with Crippen LogP contribution in [0.3, 0.4) is 0 Å². The number of benzene rings is 1. The molecule has 0 bridgehead atoms. The molecule has 0 atom stereocenters. The maximum atomic E-state index is 13.0. The summed E-state index contributed by atoms with van der Waals surface area (Å²) >= 11 is 0. The van der Waals surface area contributed by atoms with Gasteiger partial charge >= 0.3 is 6.18 Å². The summed E-state index contributed by atoms with van der Waals surface area (Å²) in [5, 5.41) is 3.95. The van der Waals surface area contributed by atoms with E-state index in [-0.39, 0.29) is 0 Å². The number of rotatable bonds is 5. The molecule has 0 saturated heterocycles. The molecule has 170 valence electrons. The van der Waals surface area contributed by atoms with Gasteiger partial charge in [0.1, 0.15) is 5.65 Å². The number of halogens is 3. The second-order valence-corrected chi connectivity index (χ2v) is 9.19. The van der Waals surface area contributed by atoms with Crippen molar-refractivity contribution in [3.63, 3.8) is 0 Å². The lowest BCUT2D eigenvalue weighted by Crippen LogP contribution is -2.22. The van der Waals surface area contributed by atoms with Crippen molar-refractivity contribution in [3.05, 3.63) is 84.1 Å². The molecule has 0 spiro atoms. The Morgan fingerprint density at radius 3 is 2.58 bits per heavy atom. The molecule has 0 saturated carbocycles. The number of imidazole rings is 1. The Balaban J connectivity index is 1.68. The predicted molar refractivity (Wildman–Crippen MR) is 117 cm³/mol. The van der Waals surface area contributed by atoms with Gasteiger partial charge in [-0.05, 0) is 42.8 Å². The Morgan fingerprint density at radius 2 is 1.88 bits per heavy atom. The lowest BCUT2D eigenvalue weighted by atomic mass is 10.1. The average Bonchev–Trinajstić information content (AvgIpc) is 3.21. The van der Waals surface area contributed by atoms with Crippen molar-refractivity contribution < 1.29 is 21.6 Å². The smallest absolute Gasteiger partial charge is 0.298 e. The van der Waals surface area contributed by atoms with Crippen molar-refractivity contribution in [2.75, 3.05) is 7.05 Å².